The molecule has 2 atom stereocenters. The molecule has 0 saturated carbocycles. The van der Waals surface area contributed by atoms with E-state index in [9.17, 15) is 0 Å². The molecule has 0 aromatic heterocycles. The van der Waals surface area contributed by atoms with E-state index in [4.69, 9.17) is 5.73 Å². The minimum Gasteiger partial charge on any atom is -0.327 e. The van der Waals surface area contributed by atoms with E-state index in [0.717, 1.165) is 5.75 Å². The first-order valence-electron chi connectivity index (χ1n) is 5.26. The fraction of sp³-hybridized carbons (Fsp3) is 1.00. The van der Waals surface area contributed by atoms with Crippen LogP contribution in [0, 0.1) is 5.92 Å². The zero-order valence-electron chi connectivity index (χ0n) is 9.76. The molecule has 0 aromatic carbocycles. The lowest BCUT2D eigenvalue weighted by Gasteiger charge is -2.24. The lowest BCUT2D eigenvalue weighted by Crippen LogP contribution is -2.32. The average Bonchev–Trinajstić information content (AvgIpc) is 1.99. The largest absolute Gasteiger partial charge is 0.327 e. The van der Waals surface area contributed by atoms with Gasteiger partial charge in [-0.15, -0.1) is 0 Å². The van der Waals surface area contributed by atoms with Gasteiger partial charge in [-0.2, -0.15) is 11.8 Å². The Bertz CT molecular complexity index is 129. The Morgan fingerprint density at radius 2 is 1.85 bits per heavy atom. The third-order valence-electron chi connectivity index (χ3n) is 2.18. The monoisotopic (exact) mass is 203 g/mol. The van der Waals surface area contributed by atoms with Crippen LogP contribution in [-0.4, -0.2) is 16.5 Å². The first-order chi connectivity index (χ1) is 5.87. The molecule has 80 valence electrons. The number of rotatable bonds is 5. The van der Waals surface area contributed by atoms with E-state index >= 15 is 0 Å². The number of thioether (sulfide) groups is 1. The zero-order chi connectivity index (χ0) is 10.5. The quantitative estimate of drug-likeness (QED) is 0.742. The molecule has 0 saturated heterocycles. The van der Waals surface area contributed by atoms with Crippen LogP contribution in [-0.2, 0) is 0 Å². The highest BCUT2D eigenvalue weighted by Gasteiger charge is 2.16. The molecule has 0 amide bonds. The Labute approximate surface area is 87.9 Å². The van der Waals surface area contributed by atoms with Crippen LogP contribution in [0.15, 0.2) is 0 Å². The molecule has 0 radical (unpaired) electrons. The molecule has 0 fully saturated rings. The van der Waals surface area contributed by atoms with Crippen molar-refractivity contribution in [2.75, 3.05) is 5.75 Å². The van der Waals surface area contributed by atoms with E-state index in [1.165, 1.54) is 12.8 Å². The van der Waals surface area contributed by atoms with Gasteiger partial charge in [-0.25, -0.2) is 0 Å². The fourth-order valence-corrected chi connectivity index (χ4v) is 2.20. The van der Waals surface area contributed by atoms with E-state index in [-0.39, 0.29) is 0 Å². The zero-order valence-corrected chi connectivity index (χ0v) is 10.6. The van der Waals surface area contributed by atoms with Gasteiger partial charge in [0.05, 0.1) is 0 Å². The maximum absolute atomic E-state index is 6.09. The van der Waals surface area contributed by atoms with Crippen LogP contribution in [0.2, 0.25) is 0 Å². The second kappa shape index (κ2) is 5.92. The van der Waals surface area contributed by atoms with Crippen molar-refractivity contribution >= 4 is 11.8 Å². The lowest BCUT2D eigenvalue weighted by molar-refractivity contribution is 0.450. The highest BCUT2D eigenvalue weighted by atomic mass is 32.2. The molecule has 0 aliphatic carbocycles. The molecule has 0 aromatic rings. The van der Waals surface area contributed by atoms with Crippen LogP contribution in [0.1, 0.15) is 47.5 Å². The molecule has 2 unspecified atom stereocenters. The van der Waals surface area contributed by atoms with E-state index < -0.39 is 0 Å². The number of hydrogen-bond acceptors (Lipinski definition) is 2. The molecule has 0 heterocycles. The second-order valence-electron chi connectivity index (χ2n) is 4.85. The maximum Gasteiger partial charge on any atom is 0.0156 e. The van der Waals surface area contributed by atoms with Crippen molar-refractivity contribution in [1.82, 2.24) is 0 Å². The summed E-state index contributed by atoms with van der Waals surface area (Å²) in [6, 6.07) is 0.365. The van der Waals surface area contributed by atoms with Gasteiger partial charge >= 0.3 is 0 Å². The van der Waals surface area contributed by atoms with Gasteiger partial charge in [-0.1, -0.05) is 41.0 Å². The van der Waals surface area contributed by atoms with Gasteiger partial charge in [-0.05, 0) is 12.3 Å². The molecule has 2 heteroatoms. The molecule has 0 rings (SSSR count). The van der Waals surface area contributed by atoms with Gasteiger partial charge in [0, 0.05) is 16.5 Å². The smallest absolute Gasteiger partial charge is 0.0156 e. The van der Waals surface area contributed by atoms with Crippen LogP contribution in [0.5, 0.6) is 0 Å². The Balaban J connectivity index is 3.67. The lowest BCUT2D eigenvalue weighted by atomic mass is 9.99. The topological polar surface area (TPSA) is 26.0 Å². The Morgan fingerprint density at radius 3 is 2.23 bits per heavy atom. The molecule has 1 nitrogen and oxygen atoms in total. The Hall–Kier alpha value is 0.310. The Morgan fingerprint density at radius 1 is 1.31 bits per heavy atom. The van der Waals surface area contributed by atoms with Gasteiger partial charge in [0.25, 0.3) is 0 Å². The molecule has 0 aliphatic heterocycles. The summed E-state index contributed by atoms with van der Waals surface area (Å²) >= 11 is 1.97. The van der Waals surface area contributed by atoms with Gasteiger partial charge in [0.1, 0.15) is 0 Å². The van der Waals surface area contributed by atoms with Gasteiger partial charge in [0.15, 0.2) is 0 Å². The number of hydrogen-bond donors (Lipinski definition) is 1. The Kier molecular flexibility index (Phi) is 6.06. The molecular weight excluding hydrogens is 178 g/mol. The van der Waals surface area contributed by atoms with Gasteiger partial charge in [0.2, 0.25) is 0 Å². The van der Waals surface area contributed by atoms with Crippen LogP contribution in [0.4, 0.5) is 0 Å². The van der Waals surface area contributed by atoms with Crippen LogP contribution in [0.25, 0.3) is 0 Å². The summed E-state index contributed by atoms with van der Waals surface area (Å²) in [4.78, 5) is 0. The van der Waals surface area contributed by atoms with E-state index in [1.54, 1.807) is 0 Å². The fourth-order valence-electron chi connectivity index (χ4n) is 1.18. The van der Waals surface area contributed by atoms with Gasteiger partial charge < -0.3 is 5.73 Å². The maximum atomic E-state index is 6.09. The molecular formula is C11H25NS. The number of nitrogens with two attached hydrogens (primary N) is 1. The highest BCUT2D eigenvalue weighted by Crippen LogP contribution is 2.25. The van der Waals surface area contributed by atoms with Crippen LogP contribution in [0.3, 0.4) is 0 Å². The summed E-state index contributed by atoms with van der Waals surface area (Å²) in [5, 5.41) is 0. The second-order valence-corrected chi connectivity index (χ2v) is 6.70. The molecule has 0 aliphatic rings. The summed E-state index contributed by atoms with van der Waals surface area (Å²) in [5.41, 5.74) is 6.09. The minimum absolute atomic E-state index is 0.351. The summed E-state index contributed by atoms with van der Waals surface area (Å²) in [6.07, 6.45) is 2.50. The molecule has 13 heavy (non-hydrogen) atoms. The van der Waals surface area contributed by atoms with Crippen molar-refractivity contribution in [3.8, 4) is 0 Å². The van der Waals surface area contributed by atoms with E-state index in [1.807, 2.05) is 11.8 Å². The standard InChI is InChI=1S/C11H25NS/c1-6-7-9(2)10(12)8-13-11(3,4)5/h9-10H,6-8,12H2,1-5H3. The van der Waals surface area contributed by atoms with E-state index in [2.05, 4.69) is 34.6 Å². The normalized spacial score (nSPS) is 17.1. The average molecular weight is 203 g/mol. The predicted octanol–water partition coefficient (Wildman–Crippen LogP) is 3.28. The third kappa shape index (κ3) is 7.39. The van der Waals surface area contributed by atoms with Crippen molar-refractivity contribution in [2.24, 2.45) is 11.7 Å². The molecule has 0 spiro atoms. The summed E-state index contributed by atoms with van der Waals surface area (Å²) in [6.45, 7) is 11.2. The predicted molar refractivity (Wildman–Crippen MR) is 64.3 cm³/mol. The van der Waals surface area contributed by atoms with Crippen molar-refractivity contribution in [2.45, 2.75) is 58.2 Å². The summed E-state index contributed by atoms with van der Waals surface area (Å²) < 4.78 is 0.351. The third-order valence-corrected chi connectivity index (χ3v) is 3.60. The molecule has 0 bridgehead atoms. The first-order valence-corrected chi connectivity index (χ1v) is 6.25. The summed E-state index contributed by atoms with van der Waals surface area (Å²) in [5.74, 6) is 1.75. The van der Waals surface area contributed by atoms with Crippen molar-refractivity contribution < 1.29 is 0 Å². The van der Waals surface area contributed by atoms with Crippen molar-refractivity contribution in [1.29, 1.82) is 0 Å². The van der Waals surface area contributed by atoms with Crippen molar-refractivity contribution in [3.63, 3.8) is 0 Å². The van der Waals surface area contributed by atoms with Crippen LogP contribution < -0.4 is 5.73 Å². The SMILES string of the molecule is CCCC(C)C(N)CSC(C)(C)C. The first kappa shape index (κ1) is 13.3. The van der Waals surface area contributed by atoms with Crippen LogP contribution >= 0.6 is 11.8 Å². The molecule has 2 N–H and O–H groups in total. The van der Waals surface area contributed by atoms with Crippen molar-refractivity contribution in [3.05, 3.63) is 0 Å². The summed E-state index contributed by atoms with van der Waals surface area (Å²) in [7, 11) is 0. The highest BCUT2D eigenvalue weighted by molar-refractivity contribution is 8.00. The van der Waals surface area contributed by atoms with Gasteiger partial charge in [-0.3, -0.25) is 0 Å². The van der Waals surface area contributed by atoms with E-state index in [0.29, 0.717) is 16.7 Å². The minimum atomic E-state index is 0.351.